The lowest BCUT2D eigenvalue weighted by Crippen LogP contribution is -2.26. The van der Waals surface area contributed by atoms with Crippen LogP contribution in [0.4, 0.5) is 17.2 Å². The quantitative estimate of drug-likeness (QED) is 0.331. The number of aromatic nitrogens is 3. The Balaban J connectivity index is 1.40. The second kappa shape index (κ2) is 10.9. The van der Waals surface area contributed by atoms with Crippen molar-refractivity contribution in [3.05, 3.63) is 89.5 Å². The number of hydrogen-bond donors (Lipinski definition) is 1. The number of carbonyl (C=O) groups excluding carboxylic acids is 1. The lowest BCUT2D eigenvalue weighted by Gasteiger charge is -2.31. The fourth-order valence-electron chi connectivity index (χ4n) is 4.32. The fraction of sp³-hybridized carbons (Fsp3) is 0.214. The lowest BCUT2D eigenvalue weighted by molar-refractivity contribution is -0.111. The van der Waals surface area contributed by atoms with Gasteiger partial charge in [-0.3, -0.25) is 9.78 Å². The van der Waals surface area contributed by atoms with Crippen LogP contribution in [0, 0.1) is 0 Å². The normalized spacial score (nSPS) is 12.9. The minimum atomic E-state index is -0.161. The van der Waals surface area contributed by atoms with E-state index in [0.717, 1.165) is 39.4 Å². The topological polar surface area (TPSA) is 83.5 Å². The first kappa shape index (κ1) is 24.7. The molecule has 4 aromatic rings. The van der Waals surface area contributed by atoms with Crippen LogP contribution in [-0.2, 0) is 17.8 Å². The highest BCUT2D eigenvalue weighted by Gasteiger charge is 2.25. The summed E-state index contributed by atoms with van der Waals surface area (Å²) in [7, 11) is 3.91. The maximum absolute atomic E-state index is 12.5. The molecule has 0 unspecified atom stereocenters. The molecule has 5 rings (SSSR count). The van der Waals surface area contributed by atoms with Crippen molar-refractivity contribution in [2.75, 3.05) is 37.4 Å². The second-order valence-corrected chi connectivity index (χ2v) is 9.37. The molecule has 2 aromatic heterocycles. The molecule has 9 heteroatoms. The van der Waals surface area contributed by atoms with E-state index in [1.165, 1.54) is 0 Å². The summed E-state index contributed by atoms with van der Waals surface area (Å²) in [5.41, 5.74) is 4.36. The molecular formula is C28H27ClN6O2. The smallest absolute Gasteiger partial charge is 0.248 e. The number of pyridine rings is 1. The van der Waals surface area contributed by atoms with Crippen LogP contribution < -0.4 is 15.0 Å². The van der Waals surface area contributed by atoms with Crippen molar-refractivity contribution >= 4 is 45.6 Å². The summed E-state index contributed by atoms with van der Waals surface area (Å²) in [6, 6.07) is 15.2. The first-order valence-corrected chi connectivity index (χ1v) is 12.4. The zero-order chi connectivity index (χ0) is 25.8. The number of ether oxygens (including phenoxy) is 1. The molecule has 37 heavy (non-hydrogen) atoms. The van der Waals surface area contributed by atoms with Crippen molar-refractivity contribution in [2.45, 2.75) is 13.0 Å². The molecule has 0 radical (unpaired) electrons. The third-order valence-corrected chi connectivity index (χ3v) is 6.35. The predicted octanol–water partition coefficient (Wildman–Crippen LogP) is 5.01. The third kappa shape index (κ3) is 5.55. The van der Waals surface area contributed by atoms with E-state index >= 15 is 0 Å². The van der Waals surface area contributed by atoms with Gasteiger partial charge >= 0.3 is 0 Å². The SMILES string of the molecule is CN(C)C/C=C/C(=O)Nc1ccc2ncnc3c2c1CCN3c1ccc(OCc2ccccn2)c(Cl)c1. The number of anilines is 3. The van der Waals surface area contributed by atoms with Gasteiger partial charge in [0.1, 0.15) is 24.5 Å². The van der Waals surface area contributed by atoms with E-state index in [9.17, 15) is 4.79 Å². The first-order chi connectivity index (χ1) is 18.0. The van der Waals surface area contributed by atoms with Crippen LogP contribution in [0.2, 0.25) is 5.02 Å². The molecule has 0 saturated heterocycles. The maximum atomic E-state index is 12.5. The molecule has 0 atom stereocenters. The van der Waals surface area contributed by atoms with Crippen LogP contribution >= 0.6 is 11.6 Å². The zero-order valence-corrected chi connectivity index (χ0v) is 21.4. The average molecular weight is 515 g/mol. The van der Waals surface area contributed by atoms with Gasteiger partial charge in [0.2, 0.25) is 5.91 Å². The number of nitrogens with one attached hydrogen (secondary N) is 1. The highest BCUT2D eigenvalue weighted by Crippen LogP contribution is 2.40. The highest BCUT2D eigenvalue weighted by atomic mass is 35.5. The summed E-state index contributed by atoms with van der Waals surface area (Å²) in [5.74, 6) is 1.21. The summed E-state index contributed by atoms with van der Waals surface area (Å²) in [4.78, 5) is 30.0. The summed E-state index contributed by atoms with van der Waals surface area (Å²) < 4.78 is 5.89. The van der Waals surface area contributed by atoms with Gasteiger partial charge in [-0.05, 0) is 68.5 Å². The number of carbonyl (C=O) groups is 1. The van der Waals surface area contributed by atoms with Crippen LogP contribution in [0.15, 0.2) is 73.2 Å². The molecule has 0 saturated carbocycles. The molecule has 1 amide bonds. The van der Waals surface area contributed by atoms with Gasteiger partial charge in [-0.1, -0.05) is 23.7 Å². The molecule has 188 valence electrons. The van der Waals surface area contributed by atoms with Gasteiger partial charge in [0.15, 0.2) is 0 Å². The number of likely N-dealkylation sites (N-methyl/N-ethyl adjacent to an activating group) is 1. The number of hydrogen-bond acceptors (Lipinski definition) is 7. The van der Waals surface area contributed by atoms with Gasteiger partial charge in [-0.15, -0.1) is 0 Å². The van der Waals surface area contributed by atoms with Crippen LogP contribution in [-0.4, -0.2) is 52.9 Å². The monoisotopic (exact) mass is 514 g/mol. The third-order valence-electron chi connectivity index (χ3n) is 6.06. The van der Waals surface area contributed by atoms with E-state index in [-0.39, 0.29) is 5.91 Å². The zero-order valence-electron chi connectivity index (χ0n) is 20.7. The Morgan fingerprint density at radius 1 is 1.16 bits per heavy atom. The number of benzene rings is 2. The molecule has 1 N–H and O–H groups in total. The average Bonchev–Trinajstić information content (AvgIpc) is 2.90. The number of nitrogens with zero attached hydrogens (tertiary/aromatic N) is 5. The Morgan fingerprint density at radius 3 is 2.84 bits per heavy atom. The Hall–Kier alpha value is -4.01. The molecule has 0 bridgehead atoms. The molecule has 2 aromatic carbocycles. The minimum absolute atomic E-state index is 0.161. The molecule has 8 nitrogen and oxygen atoms in total. The van der Waals surface area contributed by atoms with E-state index < -0.39 is 0 Å². The summed E-state index contributed by atoms with van der Waals surface area (Å²) in [6.45, 7) is 1.70. The molecular weight excluding hydrogens is 488 g/mol. The summed E-state index contributed by atoms with van der Waals surface area (Å²) in [5, 5.41) is 4.46. The van der Waals surface area contributed by atoms with Crippen LogP contribution in [0.3, 0.4) is 0 Å². The minimum Gasteiger partial charge on any atom is -0.486 e. The number of rotatable bonds is 8. The van der Waals surface area contributed by atoms with E-state index in [2.05, 4.69) is 25.2 Å². The fourth-order valence-corrected chi connectivity index (χ4v) is 4.55. The predicted molar refractivity (Wildman–Crippen MR) is 147 cm³/mol. The van der Waals surface area contributed by atoms with E-state index in [4.69, 9.17) is 16.3 Å². The number of halogens is 1. The van der Waals surface area contributed by atoms with Crippen molar-refractivity contribution in [1.82, 2.24) is 19.9 Å². The van der Waals surface area contributed by atoms with Gasteiger partial charge in [0, 0.05) is 42.1 Å². The van der Waals surface area contributed by atoms with Crippen molar-refractivity contribution in [3.63, 3.8) is 0 Å². The second-order valence-electron chi connectivity index (χ2n) is 8.96. The van der Waals surface area contributed by atoms with Gasteiger partial charge in [-0.25, -0.2) is 9.97 Å². The maximum Gasteiger partial charge on any atom is 0.248 e. The van der Waals surface area contributed by atoms with Gasteiger partial charge in [0.25, 0.3) is 0 Å². The van der Waals surface area contributed by atoms with Crippen LogP contribution in [0.5, 0.6) is 5.75 Å². The largest absolute Gasteiger partial charge is 0.486 e. The van der Waals surface area contributed by atoms with Crippen LogP contribution in [0.25, 0.3) is 10.9 Å². The summed E-state index contributed by atoms with van der Waals surface area (Å²) >= 11 is 6.60. The summed E-state index contributed by atoms with van der Waals surface area (Å²) in [6.07, 6.45) is 7.41. The van der Waals surface area contributed by atoms with Gasteiger partial charge < -0.3 is 19.9 Å². The van der Waals surface area contributed by atoms with Gasteiger partial charge in [0.05, 0.1) is 16.2 Å². The van der Waals surface area contributed by atoms with E-state index in [0.29, 0.717) is 36.9 Å². The standard InChI is InChI=1S/C28H27ClN6O2/c1-34(2)14-5-7-26(36)33-23-9-10-24-27-21(23)12-15-35(28(27)32-18-31-24)20-8-11-25(22(29)16-20)37-17-19-6-3-4-13-30-19/h3-11,13,16,18H,12,14-15,17H2,1-2H3,(H,33,36)/b7-5+. The molecule has 0 aliphatic carbocycles. The molecule has 3 heterocycles. The van der Waals surface area contributed by atoms with E-state index in [1.54, 1.807) is 18.6 Å². The van der Waals surface area contributed by atoms with Crippen LogP contribution in [0.1, 0.15) is 11.3 Å². The van der Waals surface area contributed by atoms with Crippen molar-refractivity contribution < 1.29 is 9.53 Å². The Kier molecular flexibility index (Phi) is 7.30. The highest BCUT2D eigenvalue weighted by molar-refractivity contribution is 6.32. The van der Waals surface area contributed by atoms with Gasteiger partial charge in [-0.2, -0.15) is 0 Å². The molecule has 0 spiro atoms. The Bertz CT molecular complexity index is 1460. The molecule has 1 aliphatic rings. The van der Waals surface area contributed by atoms with Crippen molar-refractivity contribution in [1.29, 1.82) is 0 Å². The number of amides is 1. The first-order valence-electron chi connectivity index (χ1n) is 12.0. The van der Waals surface area contributed by atoms with Crippen molar-refractivity contribution in [3.8, 4) is 5.75 Å². The molecule has 1 aliphatic heterocycles. The molecule has 0 fully saturated rings. The van der Waals surface area contributed by atoms with Crippen molar-refractivity contribution in [2.24, 2.45) is 0 Å². The lowest BCUT2D eigenvalue weighted by atomic mass is 9.98. The Morgan fingerprint density at radius 2 is 2.05 bits per heavy atom. The Labute approximate surface area is 220 Å². The van der Waals surface area contributed by atoms with E-state index in [1.807, 2.05) is 73.6 Å².